The fraction of sp³-hybridized carbons (Fsp3) is 0.417. The van der Waals surface area contributed by atoms with Crippen molar-refractivity contribution in [3.05, 3.63) is 59.4 Å². The number of piperidine rings is 1. The molecule has 1 aromatic heterocycles. The third-order valence-corrected chi connectivity index (χ3v) is 6.73. The number of rotatable bonds is 3. The number of amides is 1. The number of carbonyl (C=O) groups excluding carboxylic acids is 1. The largest absolute Gasteiger partial charge is 0.487 e. The van der Waals surface area contributed by atoms with Crippen LogP contribution in [0.1, 0.15) is 42.0 Å². The molecule has 1 aromatic carbocycles. The number of hydrogen-bond donors (Lipinski definition) is 3. The Bertz CT molecular complexity index is 1170. The van der Waals surface area contributed by atoms with Gasteiger partial charge in [0.05, 0.1) is 5.56 Å². The summed E-state index contributed by atoms with van der Waals surface area (Å²) in [5.74, 6) is 0.722. The summed E-state index contributed by atoms with van der Waals surface area (Å²) in [4.78, 5) is 15.5. The molecule has 3 fully saturated rings. The van der Waals surface area contributed by atoms with E-state index in [1.54, 1.807) is 0 Å². The first-order valence-corrected chi connectivity index (χ1v) is 11.7. The Morgan fingerprint density at radius 2 is 1.94 bits per heavy atom. The number of pyridine rings is 1. The normalized spacial score (nSPS) is 27.1. The van der Waals surface area contributed by atoms with Crippen LogP contribution < -0.4 is 20.7 Å². The summed E-state index contributed by atoms with van der Waals surface area (Å²) in [5.41, 5.74) is -1.11. The Morgan fingerprint density at radius 3 is 2.47 bits per heavy atom. The second-order valence-electron chi connectivity index (χ2n) is 8.71. The van der Waals surface area contributed by atoms with Crippen molar-refractivity contribution in [2.45, 2.75) is 49.2 Å². The first kappa shape index (κ1) is 25.8. The van der Waals surface area contributed by atoms with Crippen LogP contribution in [0.25, 0.3) is 0 Å². The van der Waals surface area contributed by atoms with Crippen LogP contribution in [0.15, 0.2) is 42.6 Å². The highest BCUT2D eigenvalue weighted by Gasteiger charge is 2.57. The van der Waals surface area contributed by atoms with Crippen molar-refractivity contribution in [1.82, 2.24) is 20.9 Å². The van der Waals surface area contributed by atoms with Gasteiger partial charge in [0.25, 0.3) is 5.91 Å². The van der Waals surface area contributed by atoms with E-state index in [1.807, 2.05) is 24.3 Å². The van der Waals surface area contributed by atoms with Crippen molar-refractivity contribution < 1.29 is 27.1 Å². The van der Waals surface area contributed by atoms with E-state index in [0.29, 0.717) is 23.8 Å². The lowest BCUT2D eigenvalue weighted by Crippen LogP contribution is -2.58. The molecule has 5 rings (SSSR count). The lowest BCUT2D eigenvalue weighted by Gasteiger charge is -2.44. The highest BCUT2D eigenvalue weighted by atomic mass is 32.1. The van der Waals surface area contributed by atoms with Gasteiger partial charge in [0, 0.05) is 18.7 Å². The quantitative estimate of drug-likeness (QED) is 0.421. The van der Waals surface area contributed by atoms with Gasteiger partial charge < -0.3 is 20.7 Å². The van der Waals surface area contributed by atoms with E-state index < -0.39 is 35.2 Å². The van der Waals surface area contributed by atoms with Gasteiger partial charge in [0.2, 0.25) is 0 Å². The number of hydrogen-bond acceptors (Lipinski definition) is 6. The Morgan fingerprint density at radius 1 is 1.19 bits per heavy atom. The van der Waals surface area contributed by atoms with E-state index in [9.17, 15) is 22.4 Å². The minimum Gasteiger partial charge on any atom is -0.487 e. The number of halogens is 4. The summed E-state index contributed by atoms with van der Waals surface area (Å²) in [7, 11) is 0. The molecule has 1 spiro atoms. The van der Waals surface area contributed by atoms with E-state index in [-0.39, 0.29) is 11.8 Å². The van der Waals surface area contributed by atoms with Gasteiger partial charge in [0.1, 0.15) is 29.6 Å². The number of thiocarbonyl (C=S) groups is 1. The van der Waals surface area contributed by atoms with Crippen molar-refractivity contribution >= 4 is 23.2 Å². The minimum absolute atomic E-state index is 0.0425. The predicted molar refractivity (Wildman–Crippen MR) is 126 cm³/mol. The van der Waals surface area contributed by atoms with Gasteiger partial charge in [-0.15, -0.1) is 0 Å². The summed E-state index contributed by atoms with van der Waals surface area (Å²) >= 11 is 5.07. The fourth-order valence-corrected chi connectivity index (χ4v) is 4.84. The average Bonchev–Trinajstić information content (AvgIpc) is 3.16. The molecule has 2 saturated heterocycles. The molecule has 0 bridgehead atoms. The third-order valence-electron chi connectivity index (χ3n) is 6.53. The molecule has 7 nitrogen and oxygen atoms in total. The molecule has 36 heavy (non-hydrogen) atoms. The Labute approximate surface area is 210 Å². The van der Waals surface area contributed by atoms with Gasteiger partial charge in [-0.3, -0.25) is 4.79 Å². The third kappa shape index (κ3) is 5.27. The van der Waals surface area contributed by atoms with Crippen LogP contribution >= 0.6 is 12.2 Å². The first-order valence-electron chi connectivity index (χ1n) is 11.3. The maximum absolute atomic E-state index is 13.8. The van der Waals surface area contributed by atoms with Crippen LogP contribution in [0, 0.1) is 11.3 Å². The van der Waals surface area contributed by atoms with Gasteiger partial charge in [-0.2, -0.15) is 18.4 Å². The lowest BCUT2D eigenvalue weighted by atomic mass is 9.63. The molecule has 0 radical (unpaired) electrons. The summed E-state index contributed by atoms with van der Waals surface area (Å²) in [6.45, 7) is 1.11. The van der Waals surface area contributed by atoms with Gasteiger partial charge >= 0.3 is 6.18 Å². The maximum Gasteiger partial charge on any atom is 0.419 e. The number of ether oxygens (including phenoxy) is 1. The van der Waals surface area contributed by atoms with E-state index in [2.05, 4.69) is 20.9 Å². The number of benzene rings is 1. The zero-order chi connectivity index (χ0) is 25.9. The van der Waals surface area contributed by atoms with E-state index in [0.717, 1.165) is 43.3 Å². The molecule has 3 N–H and O–H groups in total. The molecule has 12 heteroatoms. The summed E-state index contributed by atoms with van der Waals surface area (Å²) in [6, 6.07) is 11.0. The van der Waals surface area contributed by atoms with Crippen LogP contribution in [0.2, 0.25) is 0 Å². The fourth-order valence-electron chi connectivity index (χ4n) is 4.56. The predicted octanol–water partition coefficient (Wildman–Crippen LogP) is 3.36. The van der Waals surface area contributed by atoms with E-state index in [1.165, 1.54) is 6.07 Å². The van der Waals surface area contributed by atoms with E-state index >= 15 is 0 Å². The van der Waals surface area contributed by atoms with Crippen molar-refractivity contribution in [3.63, 3.8) is 0 Å². The van der Waals surface area contributed by atoms with Crippen molar-refractivity contribution in [2.75, 3.05) is 13.1 Å². The molecule has 4 unspecified atom stereocenters. The Kier molecular flexibility index (Phi) is 7.42. The number of nitriles is 1. The van der Waals surface area contributed by atoms with Crippen LogP contribution in [-0.4, -0.2) is 46.9 Å². The van der Waals surface area contributed by atoms with Crippen LogP contribution in [0.4, 0.5) is 17.6 Å². The number of nitrogens with one attached hydrogen (secondary N) is 3. The smallest absolute Gasteiger partial charge is 0.419 e. The van der Waals surface area contributed by atoms with Crippen molar-refractivity contribution in [3.8, 4) is 11.8 Å². The summed E-state index contributed by atoms with van der Waals surface area (Å²) in [6.07, 6.45) is -2.36. The van der Waals surface area contributed by atoms with Crippen LogP contribution in [0.5, 0.6) is 5.75 Å². The second-order valence-corrected chi connectivity index (χ2v) is 9.12. The average molecular weight is 522 g/mol. The van der Waals surface area contributed by atoms with Gasteiger partial charge in [-0.1, -0.05) is 12.1 Å². The highest BCUT2D eigenvalue weighted by Crippen LogP contribution is 2.47. The maximum atomic E-state index is 13.8. The summed E-state index contributed by atoms with van der Waals surface area (Å²) in [5, 5.41) is 17.5. The number of alkyl halides is 4. The van der Waals surface area contributed by atoms with Crippen LogP contribution in [0.3, 0.4) is 0 Å². The molecule has 2 aliphatic heterocycles. The molecule has 1 amide bonds. The molecule has 1 saturated carbocycles. The molecular formula is C24H23F4N5O2S. The van der Waals surface area contributed by atoms with Crippen molar-refractivity contribution in [1.29, 1.82) is 5.26 Å². The Hall–Kier alpha value is -3.30. The van der Waals surface area contributed by atoms with Gasteiger partial charge in [0.15, 0.2) is 10.8 Å². The molecular weight excluding hydrogens is 498 g/mol. The zero-order valence-electron chi connectivity index (χ0n) is 18.9. The summed E-state index contributed by atoms with van der Waals surface area (Å²) < 4.78 is 55.7. The minimum atomic E-state index is -4.50. The first-order chi connectivity index (χ1) is 17.1. The number of carbonyl (C=O) groups is 1. The SMILES string of the molecule is N#Cc1ncccc1C(F)(F)F.O=C1NC(=S)NC12CCC2c1ccc(OC2CCNCC2F)cc1. The second kappa shape index (κ2) is 10.4. The highest BCUT2D eigenvalue weighted by molar-refractivity contribution is 7.80. The number of aromatic nitrogens is 1. The van der Waals surface area contributed by atoms with Gasteiger partial charge in [-0.25, -0.2) is 9.37 Å². The van der Waals surface area contributed by atoms with Crippen LogP contribution in [-0.2, 0) is 11.0 Å². The Balaban J connectivity index is 0.000000214. The number of nitrogens with zero attached hydrogens (tertiary/aromatic N) is 2. The standard InChI is InChI=1S/C17H20FN3O2S.C7H3F3N2/c18-13-9-19-8-6-14(13)23-11-3-1-10(2-4-11)12-5-7-17(12)15(22)20-16(24)21-17;8-7(9,10)5-2-1-3-12-6(5)4-11/h1-4,12-14,19H,5-9H2,(H2,20,21,22,24);1-3H. The topological polar surface area (TPSA) is 99.1 Å². The van der Waals surface area contributed by atoms with Gasteiger partial charge in [-0.05, 0) is 67.9 Å². The molecule has 1 aliphatic carbocycles. The van der Waals surface area contributed by atoms with Crippen molar-refractivity contribution in [2.24, 2.45) is 0 Å². The monoisotopic (exact) mass is 521 g/mol. The van der Waals surface area contributed by atoms with E-state index in [4.69, 9.17) is 22.2 Å². The molecule has 4 atom stereocenters. The molecule has 3 aliphatic rings. The zero-order valence-corrected chi connectivity index (χ0v) is 19.8. The molecule has 3 heterocycles. The molecule has 190 valence electrons. The lowest BCUT2D eigenvalue weighted by molar-refractivity contribution is -0.138. The molecule has 2 aromatic rings.